The molecule has 21 heavy (non-hydrogen) atoms. The molecule has 0 aliphatic heterocycles. The lowest BCUT2D eigenvalue weighted by molar-refractivity contribution is 0.805. The number of hydrogen-bond donors (Lipinski definition) is 0. The number of nitrogens with zero attached hydrogens (tertiary/aromatic N) is 5. The third kappa shape index (κ3) is 1.99. The maximum atomic E-state index is 6.07. The number of halogens is 1. The molecule has 0 fully saturated rings. The third-order valence-electron chi connectivity index (χ3n) is 3.30. The summed E-state index contributed by atoms with van der Waals surface area (Å²) in [6.07, 6.45) is 0.955. The zero-order valence-electron chi connectivity index (χ0n) is 11.1. The van der Waals surface area contributed by atoms with Crippen LogP contribution in [0.1, 0.15) is 11.8 Å². The largest absolute Gasteiger partial charge is 0.225 e. The molecule has 0 saturated carbocycles. The molecule has 4 rings (SSSR count). The van der Waals surface area contributed by atoms with Crippen molar-refractivity contribution in [2.75, 3.05) is 0 Å². The number of hydrogen-bond acceptors (Lipinski definition) is 5. The van der Waals surface area contributed by atoms with Crippen LogP contribution in [-0.2, 0) is 6.42 Å². The molecule has 0 bridgehead atoms. The first-order valence-corrected chi connectivity index (χ1v) is 7.72. The molecule has 0 atom stereocenters. The minimum Gasteiger partial charge on any atom is -0.207 e. The quantitative estimate of drug-likeness (QED) is 0.530. The number of benzene rings is 1. The lowest BCUT2D eigenvalue weighted by Crippen LogP contribution is -2.01. The van der Waals surface area contributed by atoms with Crippen molar-refractivity contribution < 1.29 is 0 Å². The van der Waals surface area contributed by atoms with Gasteiger partial charge in [0, 0.05) is 4.88 Å². The van der Waals surface area contributed by atoms with E-state index in [9.17, 15) is 0 Å². The average molecular weight is 316 g/mol. The fraction of sp³-hybridized carbons (Fsp3) is 0.143. The molecule has 5 nitrogen and oxygen atoms in total. The van der Waals surface area contributed by atoms with Crippen LogP contribution in [0.3, 0.4) is 0 Å². The summed E-state index contributed by atoms with van der Waals surface area (Å²) in [4.78, 5) is 10.8. The maximum Gasteiger partial charge on any atom is 0.225 e. The summed E-state index contributed by atoms with van der Waals surface area (Å²) >= 11 is 7.70. The van der Waals surface area contributed by atoms with Crippen molar-refractivity contribution in [3.8, 4) is 5.82 Å². The number of thiophene rings is 1. The van der Waals surface area contributed by atoms with Crippen molar-refractivity contribution in [1.29, 1.82) is 0 Å². The average Bonchev–Trinajstić information content (AvgIpc) is 3.09. The van der Waals surface area contributed by atoms with E-state index in [-0.39, 0.29) is 5.28 Å². The van der Waals surface area contributed by atoms with E-state index in [1.54, 1.807) is 16.0 Å². The standard InChI is InChI=1S/C14H10ClN5S/c1-2-8-7-9-12(16-14(15)17-13(9)21-8)20-11-6-4-3-5-10(11)18-19-20/h3-7H,2H2,1H3. The third-order valence-corrected chi connectivity index (χ3v) is 4.64. The molecule has 0 spiro atoms. The van der Waals surface area contributed by atoms with Crippen molar-refractivity contribution in [3.63, 3.8) is 0 Å². The minimum atomic E-state index is 0.224. The molecule has 0 radical (unpaired) electrons. The molecule has 104 valence electrons. The van der Waals surface area contributed by atoms with E-state index >= 15 is 0 Å². The second-order valence-electron chi connectivity index (χ2n) is 4.59. The first kappa shape index (κ1) is 12.7. The molecule has 3 aromatic heterocycles. The van der Waals surface area contributed by atoms with Crippen LogP contribution in [0.4, 0.5) is 0 Å². The maximum absolute atomic E-state index is 6.07. The smallest absolute Gasteiger partial charge is 0.207 e. The highest BCUT2D eigenvalue weighted by Crippen LogP contribution is 2.30. The normalized spacial score (nSPS) is 11.5. The van der Waals surface area contributed by atoms with Crippen LogP contribution in [0.5, 0.6) is 0 Å². The molecule has 1 aromatic carbocycles. The van der Waals surface area contributed by atoms with E-state index in [2.05, 4.69) is 33.3 Å². The van der Waals surface area contributed by atoms with Gasteiger partial charge in [-0.3, -0.25) is 0 Å². The molecular weight excluding hydrogens is 306 g/mol. The van der Waals surface area contributed by atoms with Gasteiger partial charge in [0.05, 0.1) is 10.9 Å². The lowest BCUT2D eigenvalue weighted by atomic mass is 10.3. The Labute approximate surface area is 129 Å². The van der Waals surface area contributed by atoms with Crippen LogP contribution in [0.15, 0.2) is 30.3 Å². The van der Waals surface area contributed by atoms with Crippen molar-refractivity contribution in [2.24, 2.45) is 0 Å². The number of para-hydroxylation sites is 1. The van der Waals surface area contributed by atoms with Gasteiger partial charge in [0.2, 0.25) is 5.28 Å². The molecule has 0 aliphatic carbocycles. The van der Waals surface area contributed by atoms with Gasteiger partial charge in [0.25, 0.3) is 0 Å². The number of aryl methyl sites for hydroxylation is 1. The van der Waals surface area contributed by atoms with Gasteiger partial charge in [-0.05, 0) is 36.2 Å². The van der Waals surface area contributed by atoms with Gasteiger partial charge in [-0.1, -0.05) is 24.3 Å². The Morgan fingerprint density at radius 3 is 2.95 bits per heavy atom. The number of aromatic nitrogens is 5. The van der Waals surface area contributed by atoms with Crippen LogP contribution in [-0.4, -0.2) is 25.0 Å². The predicted molar refractivity (Wildman–Crippen MR) is 84.2 cm³/mol. The zero-order valence-corrected chi connectivity index (χ0v) is 12.7. The van der Waals surface area contributed by atoms with E-state index in [1.807, 2.05) is 24.3 Å². The van der Waals surface area contributed by atoms with Crippen molar-refractivity contribution in [1.82, 2.24) is 25.0 Å². The van der Waals surface area contributed by atoms with Crippen LogP contribution in [0, 0.1) is 0 Å². The molecule has 0 saturated heterocycles. The van der Waals surface area contributed by atoms with Crippen molar-refractivity contribution >= 4 is 44.2 Å². The zero-order chi connectivity index (χ0) is 14.4. The van der Waals surface area contributed by atoms with Crippen molar-refractivity contribution in [3.05, 3.63) is 40.5 Å². The first-order chi connectivity index (χ1) is 10.3. The Kier molecular flexibility index (Phi) is 2.87. The van der Waals surface area contributed by atoms with Gasteiger partial charge in [0.15, 0.2) is 5.82 Å². The second-order valence-corrected chi connectivity index (χ2v) is 6.04. The van der Waals surface area contributed by atoms with Crippen LogP contribution in [0.25, 0.3) is 27.1 Å². The topological polar surface area (TPSA) is 56.5 Å². The summed E-state index contributed by atoms with van der Waals surface area (Å²) in [6, 6.07) is 9.87. The van der Waals surface area contributed by atoms with Gasteiger partial charge in [0.1, 0.15) is 10.3 Å². The molecule has 3 heterocycles. The Morgan fingerprint density at radius 1 is 1.24 bits per heavy atom. The number of rotatable bonds is 2. The summed E-state index contributed by atoms with van der Waals surface area (Å²) in [5, 5.41) is 9.56. The van der Waals surface area contributed by atoms with E-state index in [4.69, 9.17) is 11.6 Å². The summed E-state index contributed by atoms with van der Waals surface area (Å²) in [7, 11) is 0. The van der Waals surface area contributed by atoms with Crippen LogP contribution >= 0.6 is 22.9 Å². The van der Waals surface area contributed by atoms with E-state index in [1.165, 1.54) is 4.88 Å². The van der Waals surface area contributed by atoms with Crippen LogP contribution < -0.4 is 0 Å². The van der Waals surface area contributed by atoms with Gasteiger partial charge >= 0.3 is 0 Å². The van der Waals surface area contributed by atoms with Gasteiger partial charge in [-0.25, -0.2) is 4.98 Å². The highest BCUT2D eigenvalue weighted by Gasteiger charge is 2.15. The highest BCUT2D eigenvalue weighted by molar-refractivity contribution is 7.18. The minimum absolute atomic E-state index is 0.224. The molecule has 0 aliphatic rings. The van der Waals surface area contributed by atoms with E-state index < -0.39 is 0 Å². The Balaban J connectivity index is 2.07. The number of fused-ring (bicyclic) bond motifs is 2. The second kappa shape index (κ2) is 4.75. The van der Waals surface area contributed by atoms with E-state index in [0.29, 0.717) is 5.82 Å². The highest BCUT2D eigenvalue weighted by atomic mass is 35.5. The predicted octanol–water partition coefficient (Wildman–Crippen LogP) is 3.64. The Hall–Kier alpha value is -2.05. The summed E-state index contributed by atoms with van der Waals surface area (Å²) in [5.41, 5.74) is 1.73. The molecule has 7 heteroatoms. The van der Waals surface area contributed by atoms with Gasteiger partial charge in [-0.15, -0.1) is 16.4 Å². The van der Waals surface area contributed by atoms with E-state index in [0.717, 1.165) is 27.7 Å². The van der Waals surface area contributed by atoms with Gasteiger partial charge in [-0.2, -0.15) is 9.67 Å². The summed E-state index contributed by atoms with van der Waals surface area (Å²) < 4.78 is 1.72. The Morgan fingerprint density at radius 2 is 2.10 bits per heavy atom. The SMILES string of the molecule is CCc1cc2c(-n3nnc4ccccc43)nc(Cl)nc2s1. The van der Waals surface area contributed by atoms with Gasteiger partial charge < -0.3 is 0 Å². The fourth-order valence-corrected chi connectivity index (χ4v) is 3.47. The summed E-state index contributed by atoms with van der Waals surface area (Å²) in [6.45, 7) is 2.12. The Bertz CT molecular complexity index is 958. The monoisotopic (exact) mass is 315 g/mol. The molecule has 0 amide bonds. The molecular formula is C14H10ClN5S. The van der Waals surface area contributed by atoms with Crippen molar-refractivity contribution in [2.45, 2.75) is 13.3 Å². The van der Waals surface area contributed by atoms with Crippen LogP contribution in [0.2, 0.25) is 5.28 Å². The molecule has 0 N–H and O–H groups in total. The lowest BCUT2D eigenvalue weighted by Gasteiger charge is -2.03. The summed E-state index contributed by atoms with van der Waals surface area (Å²) in [5.74, 6) is 0.676. The molecule has 0 unspecified atom stereocenters. The first-order valence-electron chi connectivity index (χ1n) is 6.53. The molecule has 4 aromatic rings. The fourth-order valence-electron chi connectivity index (χ4n) is 2.29.